The van der Waals surface area contributed by atoms with Crippen LogP contribution in [0.3, 0.4) is 0 Å². The lowest BCUT2D eigenvalue weighted by molar-refractivity contribution is -0.176. The molecule has 0 radical (unpaired) electrons. The number of hydrogen-bond acceptors (Lipinski definition) is 7. The van der Waals surface area contributed by atoms with Crippen molar-refractivity contribution in [2.45, 2.75) is 75.7 Å². The van der Waals surface area contributed by atoms with Crippen molar-refractivity contribution < 1.29 is 28.3 Å². The molecule has 0 bridgehead atoms. The first-order chi connectivity index (χ1) is 13.1. The molecule has 0 aromatic carbocycles. The first-order valence-electron chi connectivity index (χ1n) is 9.79. The molecule has 1 heterocycles. The lowest BCUT2D eigenvalue weighted by Gasteiger charge is -2.43. The molecule has 2 unspecified atom stereocenters. The minimum absolute atomic E-state index is 0.0234. The molecule has 7 nitrogen and oxygen atoms in total. The average Bonchev–Trinajstić information content (AvgIpc) is 2.54. The van der Waals surface area contributed by atoms with E-state index in [1.54, 1.807) is 0 Å². The summed E-state index contributed by atoms with van der Waals surface area (Å²) in [7, 11) is -4.34. The van der Waals surface area contributed by atoms with Crippen molar-refractivity contribution in [3.8, 4) is 0 Å². The van der Waals surface area contributed by atoms with Crippen molar-refractivity contribution in [3.05, 3.63) is 12.7 Å². The van der Waals surface area contributed by atoms with Crippen LogP contribution in [0.25, 0.3) is 0 Å². The summed E-state index contributed by atoms with van der Waals surface area (Å²) in [5.41, 5.74) is 0. The molecule has 0 aromatic heterocycles. The van der Waals surface area contributed by atoms with E-state index in [4.69, 9.17) is 13.9 Å². The summed E-state index contributed by atoms with van der Waals surface area (Å²) in [6.45, 7) is 17.5. The monoisotopic (exact) mass is 461 g/mol. The van der Waals surface area contributed by atoms with Crippen LogP contribution in [0.1, 0.15) is 19.8 Å². The third-order valence-electron chi connectivity index (χ3n) is 4.69. The number of rotatable bonds is 11. The Hall–Kier alpha value is -1.11. The topological polar surface area (TPSA) is 90.9 Å². The van der Waals surface area contributed by atoms with Crippen molar-refractivity contribution >= 4 is 46.9 Å². The number of β-lactam (4-membered cyclic amide) rings is 1. The third-order valence-corrected chi connectivity index (χ3v) is 9.22. The van der Waals surface area contributed by atoms with Gasteiger partial charge in [0.25, 0.3) is 0 Å². The molecule has 0 saturated carbocycles. The van der Waals surface area contributed by atoms with E-state index in [9.17, 15) is 14.4 Å². The van der Waals surface area contributed by atoms with Crippen LogP contribution in [-0.4, -0.2) is 57.5 Å². The first-order valence-corrected chi connectivity index (χ1v) is 17.2. The van der Waals surface area contributed by atoms with Crippen molar-refractivity contribution in [3.63, 3.8) is 0 Å². The Morgan fingerprint density at radius 2 is 1.86 bits per heavy atom. The minimum Gasteiger partial charge on any atom is -0.459 e. The highest BCUT2D eigenvalue weighted by atomic mass is 32.1. The molecular weight excluding hydrogens is 426 g/mol. The zero-order valence-corrected chi connectivity index (χ0v) is 21.4. The van der Waals surface area contributed by atoms with Gasteiger partial charge in [0.2, 0.25) is 5.91 Å². The van der Waals surface area contributed by atoms with Crippen LogP contribution in [0.15, 0.2) is 12.7 Å². The van der Waals surface area contributed by atoms with E-state index < -0.39 is 44.8 Å². The van der Waals surface area contributed by atoms with E-state index in [1.807, 2.05) is 26.6 Å². The van der Waals surface area contributed by atoms with Crippen LogP contribution in [0.2, 0.25) is 39.3 Å². The second kappa shape index (κ2) is 9.80. The molecule has 0 spiro atoms. The second-order valence-corrected chi connectivity index (χ2v) is 19.8. The predicted octanol–water partition coefficient (Wildman–Crippen LogP) is 2.90. The maximum Gasteiger partial charge on any atom is 0.346 e. The van der Waals surface area contributed by atoms with Crippen molar-refractivity contribution in [1.29, 1.82) is 0 Å². The van der Waals surface area contributed by atoms with Gasteiger partial charge in [-0.3, -0.25) is 9.59 Å². The lowest BCUT2D eigenvalue weighted by Crippen LogP contribution is -2.63. The van der Waals surface area contributed by atoms with Gasteiger partial charge >= 0.3 is 11.9 Å². The number of hydrogen-bond donors (Lipinski definition) is 2. The Morgan fingerprint density at radius 3 is 2.28 bits per heavy atom. The Bertz CT molecular complexity index is 646. The Balaban J connectivity index is 3.17. The summed E-state index contributed by atoms with van der Waals surface area (Å²) in [6, 6.07) is 0. The van der Waals surface area contributed by atoms with Gasteiger partial charge in [-0.05, 0) is 26.6 Å². The molecular formula is C19H35NO6SSi2. The summed E-state index contributed by atoms with van der Waals surface area (Å²) in [5, 5.41) is 0.748. The maximum atomic E-state index is 13.2. The largest absolute Gasteiger partial charge is 0.459 e. The molecule has 0 aromatic rings. The molecule has 1 saturated heterocycles. The molecule has 1 rings (SSSR count). The van der Waals surface area contributed by atoms with Crippen molar-refractivity contribution in [2.75, 3.05) is 6.61 Å². The highest BCUT2D eigenvalue weighted by Crippen LogP contribution is 2.35. The van der Waals surface area contributed by atoms with Gasteiger partial charge in [-0.25, -0.2) is 4.79 Å². The predicted molar refractivity (Wildman–Crippen MR) is 121 cm³/mol. The SMILES string of the molecule is C=CCOC(=O)C(CC(C)O[Si](C)(C)C)(OC(=O)C[C@@H]1C(=O)N[C@@H]1S)[Si](C)(C)C. The number of carbonyl (C=O) groups is 3. The third kappa shape index (κ3) is 6.97. The van der Waals surface area contributed by atoms with Gasteiger partial charge in [-0.2, -0.15) is 12.6 Å². The summed E-state index contributed by atoms with van der Waals surface area (Å²) < 4.78 is 17.4. The van der Waals surface area contributed by atoms with Gasteiger partial charge in [0.05, 0.1) is 17.7 Å². The second-order valence-electron chi connectivity index (χ2n) is 9.45. The Kier molecular flexibility index (Phi) is 8.76. The lowest BCUT2D eigenvalue weighted by atomic mass is 9.97. The highest BCUT2D eigenvalue weighted by molar-refractivity contribution is 7.81. The zero-order valence-electron chi connectivity index (χ0n) is 18.5. The van der Waals surface area contributed by atoms with E-state index in [0.29, 0.717) is 0 Å². The summed E-state index contributed by atoms with van der Waals surface area (Å²) in [4.78, 5) is 37.6. The molecule has 0 aliphatic carbocycles. The highest BCUT2D eigenvalue weighted by Gasteiger charge is 2.56. The van der Waals surface area contributed by atoms with Gasteiger partial charge in [0.15, 0.2) is 13.5 Å². The molecule has 1 N–H and O–H groups in total. The fourth-order valence-corrected chi connectivity index (χ4v) is 6.92. The smallest absolute Gasteiger partial charge is 0.346 e. The van der Waals surface area contributed by atoms with Crippen LogP contribution in [0.4, 0.5) is 0 Å². The molecule has 166 valence electrons. The molecule has 10 heteroatoms. The Morgan fingerprint density at radius 1 is 1.28 bits per heavy atom. The van der Waals surface area contributed by atoms with Crippen LogP contribution in [0.5, 0.6) is 0 Å². The van der Waals surface area contributed by atoms with Gasteiger partial charge in [0.1, 0.15) is 14.7 Å². The number of esters is 2. The standard InChI is InChI=1S/C19H35NO6SSi2/c1-9-10-24-18(23)19(28(3,4)5,12-13(2)26-29(6,7)8)25-15(21)11-14-16(22)20-17(14)27/h9,13-14,17,27H,1,10-12H2,2-8H3,(H,20,22)/t13?,14-,17-,19?/m1/s1. The first kappa shape index (κ1) is 25.9. The average molecular weight is 462 g/mol. The van der Waals surface area contributed by atoms with E-state index in [0.717, 1.165) is 0 Å². The van der Waals surface area contributed by atoms with E-state index in [2.05, 4.69) is 44.2 Å². The molecule has 1 amide bonds. The van der Waals surface area contributed by atoms with Crippen LogP contribution in [-0.2, 0) is 28.3 Å². The Labute approximate surface area is 181 Å². The molecule has 1 aliphatic rings. The van der Waals surface area contributed by atoms with Gasteiger partial charge in [0, 0.05) is 12.5 Å². The molecule has 1 aliphatic heterocycles. The number of ether oxygens (including phenoxy) is 2. The molecule has 4 atom stereocenters. The fraction of sp³-hybridized carbons (Fsp3) is 0.737. The number of carbonyl (C=O) groups excluding carboxylic acids is 3. The normalized spacial score (nSPS) is 22.6. The van der Waals surface area contributed by atoms with Crippen LogP contribution < -0.4 is 5.32 Å². The minimum atomic E-state index is -2.46. The molecule has 1 fully saturated rings. The van der Waals surface area contributed by atoms with Crippen molar-refractivity contribution in [1.82, 2.24) is 5.32 Å². The van der Waals surface area contributed by atoms with Gasteiger partial charge in [-0.15, -0.1) is 0 Å². The number of thiol groups is 1. The van der Waals surface area contributed by atoms with E-state index in [1.165, 1.54) is 6.08 Å². The molecule has 29 heavy (non-hydrogen) atoms. The van der Waals surface area contributed by atoms with Crippen LogP contribution in [0, 0.1) is 5.92 Å². The zero-order chi connectivity index (χ0) is 22.6. The van der Waals surface area contributed by atoms with E-state index in [-0.39, 0.29) is 31.5 Å². The number of nitrogens with one attached hydrogen (secondary N) is 1. The van der Waals surface area contributed by atoms with Crippen molar-refractivity contribution in [2.24, 2.45) is 5.92 Å². The van der Waals surface area contributed by atoms with E-state index >= 15 is 0 Å². The van der Waals surface area contributed by atoms with Gasteiger partial charge in [-0.1, -0.05) is 32.3 Å². The maximum absolute atomic E-state index is 13.2. The van der Waals surface area contributed by atoms with Crippen LogP contribution >= 0.6 is 12.6 Å². The fourth-order valence-electron chi connectivity index (χ4n) is 3.25. The summed E-state index contributed by atoms with van der Waals surface area (Å²) in [6.07, 6.45) is 1.24. The number of amides is 1. The summed E-state index contributed by atoms with van der Waals surface area (Å²) >= 11 is 4.22. The summed E-state index contributed by atoms with van der Waals surface area (Å²) in [5.74, 6) is -2.01. The van der Waals surface area contributed by atoms with Gasteiger partial charge < -0.3 is 19.2 Å². The quantitative estimate of drug-likeness (QED) is 0.162.